The van der Waals surface area contributed by atoms with E-state index < -0.39 is 5.97 Å². The van der Waals surface area contributed by atoms with Crippen molar-refractivity contribution in [1.29, 1.82) is 0 Å². The van der Waals surface area contributed by atoms with Gasteiger partial charge in [0, 0.05) is 16.7 Å². The summed E-state index contributed by atoms with van der Waals surface area (Å²) in [6.07, 6.45) is 0. The average Bonchev–Trinajstić information content (AvgIpc) is 2.40. The summed E-state index contributed by atoms with van der Waals surface area (Å²) in [5, 5.41) is 9.14. The highest BCUT2D eigenvalue weighted by atomic mass is 17.0. The van der Waals surface area contributed by atoms with Crippen LogP contribution >= 0.6 is 0 Å². The van der Waals surface area contributed by atoms with Gasteiger partial charge in [0.2, 0.25) is 11.2 Å². The van der Waals surface area contributed by atoms with Gasteiger partial charge in [-0.05, 0) is 37.6 Å². The van der Waals surface area contributed by atoms with E-state index in [0.717, 1.165) is 0 Å². The second kappa shape index (κ2) is 4.63. The van der Waals surface area contributed by atoms with Crippen LogP contribution in [0.2, 0.25) is 0 Å². The molecule has 1 aromatic heterocycles. The topological polar surface area (TPSA) is 80.6 Å². The van der Waals surface area contributed by atoms with E-state index in [1.165, 1.54) is 6.07 Å². The van der Waals surface area contributed by atoms with Gasteiger partial charge in [-0.3, -0.25) is 13.9 Å². The molecule has 0 bridgehead atoms. The van der Waals surface area contributed by atoms with Crippen molar-refractivity contribution in [3.05, 3.63) is 58.1 Å². The van der Waals surface area contributed by atoms with Gasteiger partial charge in [0.1, 0.15) is 0 Å². The highest BCUT2D eigenvalue weighted by molar-refractivity contribution is 6.13. The van der Waals surface area contributed by atoms with Crippen LogP contribution in [0.3, 0.4) is 0 Å². The highest BCUT2D eigenvalue weighted by Crippen LogP contribution is 2.27. The first-order valence-corrected chi connectivity index (χ1v) is 6.36. The number of rotatable bonds is 3. The van der Waals surface area contributed by atoms with Crippen LogP contribution in [-0.4, -0.2) is 16.9 Å². The van der Waals surface area contributed by atoms with Crippen LogP contribution in [0.15, 0.2) is 39.5 Å². The SMILES string of the molecule is Cc1c(C(=O)O)cccc1C(=O)c1ccc2ooc2c1C. The van der Waals surface area contributed by atoms with Gasteiger partial charge in [-0.15, -0.1) is 0 Å². The fraction of sp³-hybridized carbons (Fsp3) is 0.125. The molecule has 0 radical (unpaired) electrons. The van der Waals surface area contributed by atoms with E-state index >= 15 is 0 Å². The Morgan fingerprint density at radius 3 is 2.19 bits per heavy atom. The third kappa shape index (κ3) is 1.94. The molecule has 3 aromatic rings. The summed E-state index contributed by atoms with van der Waals surface area (Å²) in [5.74, 6) is -1.28. The molecule has 0 fully saturated rings. The minimum atomic E-state index is -1.05. The van der Waals surface area contributed by atoms with Crippen molar-refractivity contribution in [3.8, 4) is 0 Å². The predicted octanol–water partition coefficient (Wildman–Crippen LogP) is 3.57. The smallest absolute Gasteiger partial charge is 0.335 e. The lowest BCUT2D eigenvalue weighted by molar-refractivity contribution is 0.0582. The molecular formula is C16H12O5. The fourth-order valence-electron chi connectivity index (χ4n) is 2.39. The molecule has 0 aliphatic carbocycles. The Hall–Kier alpha value is -2.82. The zero-order chi connectivity index (χ0) is 15.1. The molecular weight excluding hydrogens is 272 g/mol. The van der Waals surface area contributed by atoms with Gasteiger partial charge in [-0.1, -0.05) is 12.1 Å². The summed E-state index contributed by atoms with van der Waals surface area (Å²) in [6.45, 7) is 3.40. The van der Waals surface area contributed by atoms with Crippen LogP contribution in [0.1, 0.15) is 37.4 Å². The Kier molecular flexibility index (Phi) is 2.90. The predicted molar refractivity (Wildman–Crippen MR) is 74.8 cm³/mol. The summed E-state index contributed by atoms with van der Waals surface area (Å²) < 4.78 is 9.66. The monoisotopic (exact) mass is 284 g/mol. The molecule has 0 unspecified atom stereocenters. The molecule has 0 saturated heterocycles. The maximum absolute atomic E-state index is 12.7. The molecule has 2 aromatic carbocycles. The van der Waals surface area contributed by atoms with Gasteiger partial charge < -0.3 is 5.11 Å². The van der Waals surface area contributed by atoms with Crippen LogP contribution in [0, 0.1) is 13.8 Å². The molecule has 0 aliphatic heterocycles. The first-order valence-electron chi connectivity index (χ1n) is 6.36. The van der Waals surface area contributed by atoms with Crippen LogP contribution < -0.4 is 0 Å². The van der Waals surface area contributed by atoms with Crippen molar-refractivity contribution in [2.45, 2.75) is 13.8 Å². The molecule has 1 heterocycles. The third-order valence-corrected chi connectivity index (χ3v) is 3.64. The minimum absolute atomic E-state index is 0.127. The van der Waals surface area contributed by atoms with E-state index in [1.54, 1.807) is 38.1 Å². The molecule has 0 aliphatic rings. The minimum Gasteiger partial charge on any atom is -0.478 e. The van der Waals surface area contributed by atoms with E-state index in [4.69, 9.17) is 14.3 Å². The Morgan fingerprint density at radius 1 is 0.905 bits per heavy atom. The van der Waals surface area contributed by atoms with E-state index in [-0.39, 0.29) is 11.3 Å². The van der Waals surface area contributed by atoms with Gasteiger partial charge in [-0.2, -0.15) is 0 Å². The van der Waals surface area contributed by atoms with Crippen molar-refractivity contribution in [3.63, 3.8) is 0 Å². The van der Waals surface area contributed by atoms with Crippen molar-refractivity contribution in [1.82, 2.24) is 0 Å². The molecule has 21 heavy (non-hydrogen) atoms. The lowest BCUT2D eigenvalue weighted by Gasteiger charge is -2.11. The molecule has 0 atom stereocenters. The number of carbonyl (C=O) groups excluding carboxylic acids is 1. The third-order valence-electron chi connectivity index (χ3n) is 3.64. The number of carboxylic acid groups (broad SMARTS) is 1. The number of ketones is 1. The summed E-state index contributed by atoms with van der Waals surface area (Å²) >= 11 is 0. The summed E-state index contributed by atoms with van der Waals surface area (Å²) in [6, 6.07) is 8.00. The van der Waals surface area contributed by atoms with Crippen molar-refractivity contribution in [2.75, 3.05) is 0 Å². The zero-order valence-electron chi connectivity index (χ0n) is 11.5. The molecule has 1 N–H and O–H groups in total. The lowest BCUT2D eigenvalue weighted by atomic mass is 9.93. The number of aryl methyl sites for hydroxylation is 1. The van der Waals surface area contributed by atoms with Crippen LogP contribution in [0.25, 0.3) is 11.2 Å². The summed E-state index contributed by atoms with van der Waals surface area (Å²) in [4.78, 5) is 23.8. The molecule has 0 amide bonds. The number of benzene rings is 2. The van der Waals surface area contributed by atoms with Crippen LogP contribution in [0.5, 0.6) is 0 Å². The first kappa shape index (κ1) is 13.2. The fourth-order valence-corrected chi connectivity index (χ4v) is 2.39. The summed E-state index contributed by atoms with van der Waals surface area (Å²) in [7, 11) is 0. The average molecular weight is 284 g/mol. The first-order chi connectivity index (χ1) is 10.0. The molecule has 5 nitrogen and oxygen atoms in total. The molecule has 0 spiro atoms. The Labute approximate surface area is 119 Å². The van der Waals surface area contributed by atoms with Crippen molar-refractivity contribution < 1.29 is 23.8 Å². The van der Waals surface area contributed by atoms with Gasteiger partial charge in [0.05, 0.1) is 5.56 Å². The van der Waals surface area contributed by atoms with Gasteiger partial charge in [0.25, 0.3) is 0 Å². The second-order valence-corrected chi connectivity index (χ2v) is 4.84. The van der Waals surface area contributed by atoms with E-state index in [0.29, 0.717) is 33.4 Å². The number of aromatic carboxylic acids is 1. The number of hydrogen-bond acceptors (Lipinski definition) is 4. The quantitative estimate of drug-likeness (QED) is 0.587. The van der Waals surface area contributed by atoms with Crippen molar-refractivity contribution >= 4 is 22.9 Å². The molecule has 3 rings (SSSR count). The maximum Gasteiger partial charge on any atom is 0.335 e. The molecule has 5 heteroatoms. The lowest BCUT2D eigenvalue weighted by Crippen LogP contribution is -2.10. The second-order valence-electron chi connectivity index (χ2n) is 4.84. The normalized spacial score (nSPS) is 11.0. The van der Waals surface area contributed by atoms with E-state index in [9.17, 15) is 9.59 Å². The van der Waals surface area contributed by atoms with Crippen LogP contribution in [-0.2, 0) is 0 Å². The Bertz CT molecular complexity index is 866. The Morgan fingerprint density at radius 2 is 1.57 bits per heavy atom. The highest BCUT2D eigenvalue weighted by Gasteiger charge is 2.21. The van der Waals surface area contributed by atoms with Crippen molar-refractivity contribution in [2.24, 2.45) is 0 Å². The van der Waals surface area contributed by atoms with Gasteiger partial charge >= 0.3 is 5.97 Å². The number of carboxylic acids is 1. The standard InChI is InChI=1S/C16H12O5/c1-8-10(4-3-5-12(8)16(18)19)14(17)11-6-7-13-15(9(11)2)21-20-13/h3-7H,1-2H3,(H,18,19). The zero-order valence-corrected chi connectivity index (χ0v) is 11.5. The van der Waals surface area contributed by atoms with Gasteiger partial charge in [-0.25, -0.2) is 4.79 Å². The van der Waals surface area contributed by atoms with Gasteiger partial charge in [0.15, 0.2) is 5.78 Å². The van der Waals surface area contributed by atoms with E-state index in [2.05, 4.69) is 0 Å². The number of carbonyl (C=O) groups is 2. The summed E-state index contributed by atoms with van der Waals surface area (Å²) in [5.41, 5.74) is 3.26. The van der Waals surface area contributed by atoms with Crippen LogP contribution in [0.4, 0.5) is 0 Å². The number of hydrogen-bond donors (Lipinski definition) is 1. The maximum atomic E-state index is 12.7. The largest absolute Gasteiger partial charge is 0.478 e. The molecule has 0 saturated carbocycles. The van der Waals surface area contributed by atoms with E-state index in [1.807, 2.05) is 0 Å². The Balaban J connectivity index is 2.13. The number of fused-ring (bicyclic) bond motifs is 1. The molecule has 106 valence electrons.